The third kappa shape index (κ3) is 5.40. The second-order valence-corrected chi connectivity index (χ2v) is 16.1. The molecule has 0 aliphatic carbocycles. The topological polar surface area (TPSA) is 34.5 Å². The molecule has 3 aromatic heterocycles. The van der Waals surface area contributed by atoms with Crippen LogP contribution in [-0.4, -0.2) is 4.57 Å². The maximum absolute atomic E-state index is 6.26. The predicted molar refractivity (Wildman–Crippen MR) is 258 cm³/mol. The van der Waals surface area contributed by atoms with Crippen LogP contribution in [0.1, 0.15) is 0 Å². The zero-order chi connectivity index (χ0) is 40.7. The second kappa shape index (κ2) is 13.6. The third-order valence-corrected chi connectivity index (χ3v) is 12.6. The van der Waals surface area contributed by atoms with Gasteiger partial charge in [-0.05, 0) is 113 Å². The summed E-state index contributed by atoms with van der Waals surface area (Å²) in [6.45, 7) is 0. The molecule has 13 aromatic rings. The lowest BCUT2D eigenvalue weighted by Crippen LogP contribution is -2.09. The van der Waals surface area contributed by atoms with Crippen LogP contribution in [0.4, 0.5) is 17.1 Å². The molecule has 4 nitrogen and oxygen atoms in total. The molecule has 0 fully saturated rings. The largest absolute Gasteiger partial charge is 0.456 e. The van der Waals surface area contributed by atoms with Gasteiger partial charge in [0, 0.05) is 60.5 Å². The molecule has 0 radical (unpaired) electrons. The Labute approximate surface area is 356 Å². The Morgan fingerprint density at radius 1 is 0.306 bits per heavy atom. The molecule has 62 heavy (non-hydrogen) atoms. The number of anilines is 3. The lowest BCUT2D eigenvalue weighted by molar-refractivity contribution is 0.668. The van der Waals surface area contributed by atoms with Gasteiger partial charge in [-0.1, -0.05) is 133 Å². The Balaban J connectivity index is 0.923. The minimum Gasteiger partial charge on any atom is -0.456 e. The summed E-state index contributed by atoms with van der Waals surface area (Å²) in [4.78, 5) is 2.33. The Kier molecular flexibility index (Phi) is 7.57. The summed E-state index contributed by atoms with van der Waals surface area (Å²) >= 11 is 0. The number of furan rings is 2. The molecule has 290 valence electrons. The summed E-state index contributed by atoms with van der Waals surface area (Å²) in [6, 6.07) is 78.1. The highest BCUT2D eigenvalue weighted by Crippen LogP contribution is 2.42. The first-order valence-corrected chi connectivity index (χ1v) is 21.1. The molecule has 0 spiro atoms. The first-order valence-electron chi connectivity index (χ1n) is 21.1. The lowest BCUT2D eigenvalue weighted by Gasteiger charge is -2.26. The molecule has 0 saturated heterocycles. The molecular weight excluding hydrogens is 757 g/mol. The van der Waals surface area contributed by atoms with Crippen LogP contribution in [0.5, 0.6) is 0 Å². The van der Waals surface area contributed by atoms with Gasteiger partial charge in [-0.25, -0.2) is 0 Å². The monoisotopic (exact) mass is 792 g/mol. The number of aromatic nitrogens is 1. The van der Waals surface area contributed by atoms with Crippen molar-refractivity contribution in [3.8, 4) is 27.9 Å². The number of hydrogen-bond donors (Lipinski definition) is 0. The van der Waals surface area contributed by atoms with Gasteiger partial charge in [-0.15, -0.1) is 0 Å². The van der Waals surface area contributed by atoms with Gasteiger partial charge in [-0.2, -0.15) is 0 Å². The molecule has 0 atom stereocenters. The van der Waals surface area contributed by atoms with Crippen LogP contribution in [0.2, 0.25) is 0 Å². The molecule has 0 bridgehead atoms. The summed E-state index contributed by atoms with van der Waals surface area (Å²) in [5, 5.41) is 9.44. The smallest absolute Gasteiger partial charge is 0.136 e. The van der Waals surface area contributed by atoms with E-state index in [4.69, 9.17) is 8.83 Å². The number of benzene rings is 10. The predicted octanol–water partition coefficient (Wildman–Crippen LogP) is 16.5. The minimum absolute atomic E-state index is 0.873. The van der Waals surface area contributed by atoms with Gasteiger partial charge >= 0.3 is 0 Å². The quantitative estimate of drug-likeness (QED) is 0.168. The van der Waals surface area contributed by atoms with Gasteiger partial charge in [0.1, 0.15) is 22.3 Å². The Hall–Kier alpha value is -8.34. The van der Waals surface area contributed by atoms with E-state index in [0.29, 0.717) is 0 Å². The molecule has 13 rings (SSSR count). The molecule has 0 aliphatic rings. The van der Waals surface area contributed by atoms with Crippen molar-refractivity contribution < 1.29 is 8.83 Å². The maximum Gasteiger partial charge on any atom is 0.136 e. The Bertz CT molecular complexity index is 3850. The van der Waals surface area contributed by atoms with E-state index in [2.05, 4.69) is 204 Å². The molecule has 4 heteroatoms. The van der Waals surface area contributed by atoms with Gasteiger partial charge in [0.25, 0.3) is 0 Å². The van der Waals surface area contributed by atoms with Crippen molar-refractivity contribution in [1.82, 2.24) is 4.57 Å². The van der Waals surface area contributed by atoms with Gasteiger partial charge in [0.2, 0.25) is 0 Å². The van der Waals surface area contributed by atoms with E-state index in [1.807, 2.05) is 24.3 Å². The fraction of sp³-hybridized carbons (Fsp3) is 0. The Morgan fingerprint density at radius 3 is 1.55 bits per heavy atom. The van der Waals surface area contributed by atoms with Crippen LogP contribution in [0.25, 0.3) is 104 Å². The van der Waals surface area contributed by atoms with Crippen molar-refractivity contribution in [2.45, 2.75) is 0 Å². The number of hydrogen-bond acceptors (Lipinski definition) is 3. The van der Waals surface area contributed by atoms with Crippen molar-refractivity contribution in [1.29, 1.82) is 0 Å². The molecule has 0 unspecified atom stereocenters. The molecule has 0 saturated carbocycles. The van der Waals surface area contributed by atoms with Crippen LogP contribution in [0, 0.1) is 0 Å². The van der Waals surface area contributed by atoms with Gasteiger partial charge in [-0.3, -0.25) is 0 Å². The van der Waals surface area contributed by atoms with E-state index in [1.165, 1.54) is 32.6 Å². The normalized spacial score (nSPS) is 11.9. The average molecular weight is 793 g/mol. The first-order chi connectivity index (χ1) is 30.7. The van der Waals surface area contributed by atoms with Crippen LogP contribution in [0.15, 0.2) is 227 Å². The summed E-state index contributed by atoms with van der Waals surface area (Å²) in [5.41, 5.74) is 14.8. The van der Waals surface area contributed by atoms with Crippen LogP contribution in [-0.2, 0) is 0 Å². The van der Waals surface area contributed by atoms with E-state index < -0.39 is 0 Å². The lowest BCUT2D eigenvalue weighted by atomic mass is 10.0. The van der Waals surface area contributed by atoms with E-state index in [0.717, 1.165) is 88.9 Å². The number of nitrogens with zero attached hydrogens (tertiary/aromatic N) is 2. The maximum atomic E-state index is 6.26. The Morgan fingerprint density at radius 2 is 0.823 bits per heavy atom. The molecule has 10 aromatic carbocycles. The van der Waals surface area contributed by atoms with Crippen LogP contribution >= 0.6 is 0 Å². The van der Waals surface area contributed by atoms with Crippen LogP contribution < -0.4 is 4.90 Å². The van der Waals surface area contributed by atoms with E-state index in [-0.39, 0.29) is 0 Å². The SMILES string of the molecule is c1ccc(-n2c3cc(-c4ccc(N(c5ccc(-c6ccc7c(c6)oc6ccccc67)cc5)c5ccc6oc7ccccc7c6c5)cc4)ccc3c3ccc4ccccc4c32)cc1. The molecule has 3 heterocycles. The number of para-hydroxylation sites is 3. The fourth-order valence-electron chi connectivity index (χ4n) is 9.61. The van der Waals surface area contributed by atoms with Crippen molar-refractivity contribution in [2.24, 2.45) is 0 Å². The van der Waals surface area contributed by atoms with Crippen molar-refractivity contribution in [2.75, 3.05) is 4.90 Å². The average Bonchev–Trinajstić information content (AvgIpc) is 4.01. The zero-order valence-electron chi connectivity index (χ0n) is 33.5. The van der Waals surface area contributed by atoms with Gasteiger partial charge in [0.15, 0.2) is 0 Å². The minimum atomic E-state index is 0.873. The number of fused-ring (bicyclic) bond motifs is 11. The molecule has 0 N–H and O–H groups in total. The summed E-state index contributed by atoms with van der Waals surface area (Å²) < 4.78 is 14.9. The molecule has 0 amide bonds. The van der Waals surface area contributed by atoms with E-state index >= 15 is 0 Å². The van der Waals surface area contributed by atoms with E-state index in [9.17, 15) is 0 Å². The highest BCUT2D eigenvalue weighted by Gasteiger charge is 2.19. The standard InChI is InChI=1S/C58H36N2O2/c1-2-11-42(12-3-1)60-53-34-40(23-30-47(53)51-32-22-39-10-4-5-13-46(39)58(51)60)37-18-25-43(26-19-37)59(45-29-33-56-52(36-45)49-15-7-9-17-55(49)61-56)44-27-20-38(21-28-44)41-24-31-50-48-14-6-8-16-54(48)62-57(50)35-41/h1-36H. The highest BCUT2D eigenvalue weighted by atomic mass is 16.3. The molecule has 0 aliphatic heterocycles. The van der Waals surface area contributed by atoms with Crippen LogP contribution in [0.3, 0.4) is 0 Å². The fourth-order valence-corrected chi connectivity index (χ4v) is 9.61. The highest BCUT2D eigenvalue weighted by molar-refractivity contribution is 6.19. The number of rotatable bonds is 6. The second-order valence-electron chi connectivity index (χ2n) is 16.1. The van der Waals surface area contributed by atoms with Crippen molar-refractivity contribution in [3.63, 3.8) is 0 Å². The van der Waals surface area contributed by atoms with E-state index in [1.54, 1.807) is 0 Å². The summed E-state index contributed by atoms with van der Waals surface area (Å²) in [7, 11) is 0. The van der Waals surface area contributed by atoms with Crippen molar-refractivity contribution in [3.05, 3.63) is 218 Å². The van der Waals surface area contributed by atoms with Gasteiger partial charge in [0.05, 0.1) is 11.0 Å². The van der Waals surface area contributed by atoms with Gasteiger partial charge < -0.3 is 18.3 Å². The summed E-state index contributed by atoms with van der Waals surface area (Å²) in [5.74, 6) is 0. The third-order valence-electron chi connectivity index (χ3n) is 12.6. The van der Waals surface area contributed by atoms with Crippen molar-refractivity contribution >= 4 is 93.5 Å². The zero-order valence-corrected chi connectivity index (χ0v) is 33.5. The first kappa shape index (κ1) is 34.5. The summed E-state index contributed by atoms with van der Waals surface area (Å²) in [6.07, 6.45) is 0. The molecular formula is C58H36N2O2.